The molecule has 0 fully saturated rings. The second kappa shape index (κ2) is 7.66. The highest BCUT2D eigenvalue weighted by molar-refractivity contribution is 9.10. The number of nitrogens with one attached hydrogen (secondary N) is 1. The van der Waals surface area contributed by atoms with Crippen molar-refractivity contribution in [3.63, 3.8) is 0 Å². The summed E-state index contributed by atoms with van der Waals surface area (Å²) in [6.45, 7) is 2.87. The van der Waals surface area contributed by atoms with Crippen LogP contribution >= 0.6 is 15.9 Å². The first kappa shape index (κ1) is 16.1. The third kappa shape index (κ3) is 4.35. The van der Waals surface area contributed by atoms with Crippen LogP contribution in [0.5, 0.6) is 0 Å². The average molecular weight is 354 g/mol. The Kier molecular flexibility index (Phi) is 5.88. The largest absolute Gasteiger partial charge is 0.310 e. The van der Waals surface area contributed by atoms with Crippen molar-refractivity contribution in [2.24, 2.45) is 0 Å². The van der Waals surface area contributed by atoms with Crippen molar-refractivity contribution in [3.8, 4) is 0 Å². The molecular formula is C17H18BrF2N. The van der Waals surface area contributed by atoms with E-state index in [0.717, 1.165) is 18.5 Å². The third-order valence-electron chi connectivity index (χ3n) is 3.35. The highest BCUT2D eigenvalue weighted by Crippen LogP contribution is 2.26. The van der Waals surface area contributed by atoms with Gasteiger partial charge < -0.3 is 5.32 Å². The molecular weight excluding hydrogens is 336 g/mol. The number of hydrogen-bond donors (Lipinski definition) is 1. The van der Waals surface area contributed by atoms with Crippen molar-refractivity contribution >= 4 is 15.9 Å². The molecule has 1 unspecified atom stereocenters. The van der Waals surface area contributed by atoms with Gasteiger partial charge in [0.2, 0.25) is 0 Å². The van der Waals surface area contributed by atoms with E-state index in [1.807, 2.05) is 6.07 Å². The fraction of sp³-hybridized carbons (Fsp3) is 0.294. The van der Waals surface area contributed by atoms with Crippen LogP contribution in [-0.2, 0) is 6.42 Å². The van der Waals surface area contributed by atoms with Gasteiger partial charge in [-0.05, 0) is 59.1 Å². The molecule has 0 aromatic heterocycles. The number of rotatable bonds is 6. The van der Waals surface area contributed by atoms with E-state index >= 15 is 0 Å². The lowest BCUT2D eigenvalue weighted by molar-refractivity contribution is 0.495. The van der Waals surface area contributed by atoms with E-state index in [1.165, 1.54) is 12.1 Å². The summed E-state index contributed by atoms with van der Waals surface area (Å²) in [5.41, 5.74) is 1.60. The van der Waals surface area contributed by atoms with Gasteiger partial charge in [0.15, 0.2) is 0 Å². The van der Waals surface area contributed by atoms with Crippen molar-refractivity contribution in [2.45, 2.75) is 25.8 Å². The fourth-order valence-corrected chi connectivity index (χ4v) is 2.64. The highest BCUT2D eigenvalue weighted by Gasteiger charge is 2.17. The van der Waals surface area contributed by atoms with Gasteiger partial charge in [-0.1, -0.05) is 31.2 Å². The van der Waals surface area contributed by atoms with Crippen molar-refractivity contribution < 1.29 is 8.78 Å². The van der Waals surface area contributed by atoms with Gasteiger partial charge in [-0.25, -0.2) is 8.78 Å². The monoisotopic (exact) mass is 353 g/mol. The van der Waals surface area contributed by atoms with E-state index in [2.05, 4.69) is 28.2 Å². The fourth-order valence-electron chi connectivity index (χ4n) is 2.26. The molecule has 0 heterocycles. The molecule has 112 valence electrons. The smallest absolute Gasteiger partial charge is 0.142 e. The van der Waals surface area contributed by atoms with Gasteiger partial charge in [-0.15, -0.1) is 0 Å². The zero-order chi connectivity index (χ0) is 15.2. The summed E-state index contributed by atoms with van der Waals surface area (Å²) in [5.74, 6) is -0.501. The Morgan fingerprint density at radius 1 is 1.10 bits per heavy atom. The Morgan fingerprint density at radius 2 is 1.81 bits per heavy atom. The maximum absolute atomic E-state index is 14.3. The van der Waals surface area contributed by atoms with Crippen molar-refractivity contribution in [1.29, 1.82) is 0 Å². The van der Waals surface area contributed by atoms with Crippen LogP contribution in [0.3, 0.4) is 0 Å². The number of benzene rings is 2. The van der Waals surface area contributed by atoms with Gasteiger partial charge >= 0.3 is 0 Å². The van der Waals surface area contributed by atoms with Crippen LogP contribution in [0.4, 0.5) is 8.78 Å². The topological polar surface area (TPSA) is 12.0 Å². The van der Waals surface area contributed by atoms with E-state index in [0.29, 0.717) is 16.5 Å². The van der Waals surface area contributed by atoms with Crippen LogP contribution in [0.2, 0.25) is 0 Å². The molecule has 21 heavy (non-hydrogen) atoms. The van der Waals surface area contributed by atoms with Crippen LogP contribution in [-0.4, -0.2) is 6.54 Å². The Hall–Kier alpha value is -1.26. The molecule has 1 N–H and O–H groups in total. The Bertz CT molecular complexity index is 584. The van der Waals surface area contributed by atoms with Crippen molar-refractivity contribution in [2.75, 3.05) is 6.54 Å². The maximum atomic E-state index is 14.3. The lowest BCUT2D eigenvalue weighted by atomic mass is 9.98. The van der Waals surface area contributed by atoms with Gasteiger partial charge in [0, 0.05) is 11.6 Å². The zero-order valence-corrected chi connectivity index (χ0v) is 13.5. The third-order valence-corrected chi connectivity index (χ3v) is 3.96. The molecule has 0 radical (unpaired) electrons. The average Bonchev–Trinajstić information content (AvgIpc) is 2.48. The summed E-state index contributed by atoms with van der Waals surface area (Å²) in [5, 5.41) is 3.36. The minimum atomic E-state index is -0.259. The molecule has 2 aromatic rings. The molecule has 0 saturated heterocycles. The zero-order valence-electron chi connectivity index (χ0n) is 11.9. The summed E-state index contributed by atoms with van der Waals surface area (Å²) in [6.07, 6.45) is 1.59. The van der Waals surface area contributed by atoms with Gasteiger partial charge in [-0.2, -0.15) is 0 Å². The maximum Gasteiger partial charge on any atom is 0.142 e. The first-order valence-electron chi connectivity index (χ1n) is 7.03. The lowest BCUT2D eigenvalue weighted by Crippen LogP contribution is -2.25. The molecule has 0 aliphatic carbocycles. The minimum absolute atomic E-state index is 0.132. The molecule has 1 atom stereocenters. The summed E-state index contributed by atoms with van der Waals surface area (Å²) in [7, 11) is 0. The first-order valence-corrected chi connectivity index (χ1v) is 7.83. The summed E-state index contributed by atoms with van der Waals surface area (Å²) in [4.78, 5) is 0. The van der Waals surface area contributed by atoms with Crippen LogP contribution in [0.1, 0.15) is 30.5 Å². The van der Waals surface area contributed by atoms with Crippen molar-refractivity contribution in [1.82, 2.24) is 5.32 Å². The lowest BCUT2D eigenvalue weighted by Gasteiger charge is -2.20. The molecule has 0 aliphatic heterocycles. The molecule has 0 saturated carbocycles. The predicted octanol–water partition coefficient (Wildman–Crippen LogP) is 5.01. The molecule has 0 amide bonds. The van der Waals surface area contributed by atoms with Gasteiger partial charge in [0.05, 0.1) is 4.47 Å². The van der Waals surface area contributed by atoms with Gasteiger partial charge in [0.1, 0.15) is 11.6 Å². The quantitative estimate of drug-likeness (QED) is 0.769. The predicted molar refractivity (Wildman–Crippen MR) is 85.2 cm³/mol. The van der Waals surface area contributed by atoms with Crippen LogP contribution in [0.15, 0.2) is 46.9 Å². The SMILES string of the molecule is CCCNC(Cc1ccc(F)cc1)c1cccc(Br)c1F. The van der Waals surface area contributed by atoms with E-state index < -0.39 is 0 Å². The minimum Gasteiger partial charge on any atom is -0.310 e. The van der Waals surface area contributed by atoms with Gasteiger partial charge in [0.25, 0.3) is 0 Å². The second-order valence-electron chi connectivity index (χ2n) is 4.98. The Balaban J connectivity index is 2.25. The molecule has 0 bridgehead atoms. The van der Waals surface area contributed by atoms with Crippen LogP contribution < -0.4 is 5.32 Å². The summed E-state index contributed by atoms with van der Waals surface area (Å²) >= 11 is 3.23. The standard InChI is InChI=1S/C17H18BrF2N/c1-2-10-21-16(11-12-6-8-13(19)9-7-12)14-4-3-5-15(18)17(14)20/h3-9,16,21H,2,10-11H2,1H3. The van der Waals surface area contributed by atoms with E-state index in [-0.39, 0.29) is 17.7 Å². The molecule has 4 heteroatoms. The number of halogens is 3. The molecule has 2 aromatic carbocycles. The molecule has 2 rings (SSSR count). The summed E-state index contributed by atoms with van der Waals surface area (Å²) in [6, 6.07) is 11.5. The van der Waals surface area contributed by atoms with Crippen LogP contribution in [0, 0.1) is 11.6 Å². The summed E-state index contributed by atoms with van der Waals surface area (Å²) < 4.78 is 27.7. The molecule has 0 aliphatic rings. The van der Waals surface area contributed by atoms with E-state index in [1.54, 1.807) is 24.3 Å². The normalized spacial score (nSPS) is 12.4. The molecule has 1 nitrogen and oxygen atoms in total. The Morgan fingerprint density at radius 3 is 2.48 bits per heavy atom. The van der Waals surface area contributed by atoms with Crippen molar-refractivity contribution in [3.05, 3.63) is 69.7 Å². The highest BCUT2D eigenvalue weighted by atomic mass is 79.9. The molecule has 0 spiro atoms. The Labute approximate surface area is 132 Å². The second-order valence-corrected chi connectivity index (χ2v) is 5.83. The number of hydrogen-bond acceptors (Lipinski definition) is 1. The van der Waals surface area contributed by atoms with Gasteiger partial charge in [-0.3, -0.25) is 0 Å². The first-order chi connectivity index (χ1) is 10.1. The van der Waals surface area contributed by atoms with E-state index in [4.69, 9.17) is 0 Å². The van der Waals surface area contributed by atoms with E-state index in [9.17, 15) is 8.78 Å². The van der Waals surface area contributed by atoms with Crippen LogP contribution in [0.25, 0.3) is 0 Å².